The summed E-state index contributed by atoms with van der Waals surface area (Å²) in [7, 11) is -3.45. The summed E-state index contributed by atoms with van der Waals surface area (Å²) in [5.41, 5.74) is 1.80. The topological polar surface area (TPSA) is 158 Å². The number of pyridine rings is 1. The molecule has 4 rings (SSSR count). The summed E-state index contributed by atoms with van der Waals surface area (Å²) in [6.45, 7) is -0.452. The molecule has 2 aromatic heterocycles. The van der Waals surface area contributed by atoms with E-state index in [0.29, 0.717) is 28.2 Å². The van der Waals surface area contributed by atoms with E-state index in [2.05, 4.69) is 30.3 Å². The number of nitrogens with zero attached hydrogens (tertiary/aromatic N) is 5. The van der Waals surface area contributed by atoms with E-state index < -0.39 is 38.1 Å². The molecule has 1 aliphatic rings. The normalized spacial score (nSPS) is 17.8. The van der Waals surface area contributed by atoms with E-state index in [0.717, 1.165) is 0 Å². The monoisotopic (exact) mass is 492 g/mol. The molecule has 1 aromatic carbocycles. The number of hydrogen-bond acceptors (Lipinski definition) is 9. The molecule has 33 heavy (non-hydrogen) atoms. The van der Waals surface area contributed by atoms with E-state index in [-0.39, 0.29) is 65.5 Å². The first-order chi connectivity index (χ1) is 14.7. The number of benzene rings is 1. The van der Waals surface area contributed by atoms with Crippen molar-refractivity contribution in [2.24, 2.45) is 7.05 Å². The Bertz CT molecular complexity index is 1180. The zero-order valence-electron chi connectivity index (χ0n) is 18.1. The summed E-state index contributed by atoms with van der Waals surface area (Å²) in [5.74, 6) is -1.14. The van der Waals surface area contributed by atoms with Gasteiger partial charge in [-0.05, 0) is 34.5 Å². The van der Waals surface area contributed by atoms with Crippen LogP contribution in [0.4, 0.5) is 4.39 Å². The third-order valence-electron chi connectivity index (χ3n) is 4.94. The second-order valence-electron chi connectivity index (χ2n) is 7.03. The molecule has 1 N–H and O–H groups in total. The third kappa shape index (κ3) is 6.76. The fourth-order valence-electron chi connectivity index (χ4n) is 3.44. The van der Waals surface area contributed by atoms with Crippen molar-refractivity contribution in [2.45, 2.75) is 18.4 Å². The number of nitrogens with one attached hydrogen (secondary N) is 1. The van der Waals surface area contributed by atoms with Crippen molar-refractivity contribution in [2.75, 3.05) is 6.61 Å². The quantitative estimate of drug-likeness (QED) is 0.261. The van der Waals surface area contributed by atoms with Gasteiger partial charge in [0.2, 0.25) is 5.91 Å². The molecule has 15 heteroatoms. The van der Waals surface area contributed by atoms with Gasteiger partial charge in [0.25, 0.3) is 0 Å². The zero-order valence-corrected chi connectivity index (χ0v) is 23.0. The molecule has 1 unspecified atom stereocenters. The summed E-state index contributed by atoms with van der Waals surface area (Å²) >= 11 is 0. The molecule has 0 bridgehead atoms. The number of aromatic nitrogens is 5. The molecule has 1 amide bonds. The van der Waals surface area contributed by atoms with E-state index in [1.807, 2.05) is 0 Å². The Morgan fingerprint density at radius 2 is 2.03 bits per heavy atom. The summed E-state index contributed by atoms with van der Waals surface area (Å²) in [6.07, 6.45) is 1.68. The molecular weight excluding hydrogens is 476 g/mol. The number of rotatable bonds is 6. The molecule has 0 saturated carbocycles. The summed E-state index contributed by atoms with van der Waals surface area (Å²) < 4.78 is 31.1. The van der Waals surface area contributed by atoms with E-state index in [9.17, 15) is 23.5 Å². The van der Waals surface area contributed by atoms with E-state index in [1.165, 1.54) is 16.9 Å². The van der Waals surface area contributed by atoms with Gasteiger partial charge in [-0.15, -0.1) is 5.10 Å². The van der Waals surface area contributed by atoms with Crippen LogP contribution in [-0.2, 0) is 20.9 Å². The molecule has 0 aliphatic carbocycles. The van der Waals surface area contributed by atoms with Crippen molar-refractivity contribution in [1.29, 1.82) is 0 Å². The number of phosphoric ester groups is 1. The number of amides is 1. The van der Waals surface area contributed by atoms with Gasteiger partial charge in [-0.25, -0.2) is 9.07 Å². The predicted molar refractivity (Wildman–Crippen MR) is 100 cm³/mol. The molecule has 1 fully saturated rings. The van der Waals surface area contributed by atoms with Gasteiger partial charge in [-0.3, -0.25) is 9.78 Å². The third-order valence-corrected chi connectivity index (χ3v) is 5.40. The van der Waals surface area contributed by atoms with Crippen molar-refractivity contribution in [1.82, 2.24) is 30.5 Å². The maximum Gasteiger partial charge on any atom is 1.00 e. The zero-order chi connectivity index (χ0) is 22.2. The van der Waals surface area contributed by atoms with Crippen LogP contribution in [0, 0.1) is 5.82 Å². The Morgan fingerprint density at radius 1 is 1.27 bits per heavy atom. The number of aryl methyl sites for hydroxylation is 1. The van der Waals surface area contributed by atoms with Gasteiger partial charge in [0.15, 0.2) is 5.82 Å². The van der Waals surface area contributed by atoms with Gasteiger partial charge in [0, 0.05) is 24.4 Å². The number of halogens is 1. The first kappa shape index (κ1) is 28.2. The first-order valence-electron chi connectivity index (χ1n) is 9.17. The van der Waals surface area contributed by atoms with Gasteiger partial charge < -0.3 is 24.2 Å². The predicted octanol–water partition coefficient (Wildman–Crippen LogP) is -6.10. The maximum atomic E-state index is 14.8. The van der Waals surface area contributed by atoms with Gasteiger partial charge in [0.05, 0.1) is 26.4 Å². The average Bonchev–Trinajstić information content (AvgIpc) is 3.31. The Morgan fingerprint density at radius 3 is 2.61 bits per heavy atom. The molecule has 0 spiro atoms. The van der Waals surface area contributed by atoms with Crippen LogP contribution in [0.3, 0.4) is 0 Å². The van der Waals surface area contributed by atoms with Crippen LogP contribution in [0.15, 0.2) is 36.5 Å². The molecule has 3 aromatic rings. The second-order valence-corrected chi connectivity index (χ2v) is 8.19. The molecular formula is C18H16FN6Na2O5P. The molecule has 1 aliphatic heterocycles. The fourth-order valence-corrected chi connectivity index (χ4v) is 3.81. The number of tetrazole rings is 1. The molecule has 1 saturated heterocycles. The number of phosphoric acid groups is 1. The van der Waals surface area contributed by atoms with Crippen LogP contribution in [0.1, 0.15) is 17.9 Å². The second kappa shape index (κ2) is 11.6. The van der Waals surface area contributed by atoms with Crippen molar-refractivity contribution < 1.29 is 87.2 Å². The molecule has 162 valence electrons. The summed E-state index contributed by atoms with van der Waals surface area (Å²) in [4.78, 5) is 37.7. The molecule has 0 radical (unpaired) electrons. The van der Waals surface area contributed by atoms with Gasteiger partial charge >= 0.3 is 59.1 Å². The molecule has 3 heterocycles. The average molecular weight is 492 g/mol. The standard InChI is InChI=1S/C18H18FN6O5P.2Na/c1-25-17(22-23-24-25)16-5-3-11(8-20-16)13-4-2-10(6-15(13)19)14-7-12(21-18(14)26)9-30-31(27,28)29;;/h2-6,8,12,14H,7,9H2,1H3,(H,21,26)(H2,27,28,29);;/q;2*+1/p-2/t12?,14-;;/m1../s1. The van der Waals surface area contributed by atoms with Crippen molar-refractivity contribution in [3.8, 4) is 22.6 Å². The SMILES string of the molecule is Cn1nnnc1-c1ccc(-c2ccc([C@H]3CC(COP(=O)([O-])[O-])NC3=O)cc2F)cn1.[Na+].[Na+]. The maximum absolute atomic E-state index is 14.8. The molecule has 11 nitrogen and oxygen atoms in total. The largest absolute Gasteiger partial charge is 1.00 e. The van der Waals surface area contributed by atoms with Crippen LogP contribution >= 0.6 is 7.82 Å². The Kier molecular flexibility index (Phi) is 9.90. The van der Waals surface area contributed by atoms with E-state index in [1.54, 1.807) is 31.3 Å². The number of carbonyl (C=O) groups excluding carboxylic acids is 1. The minimum absolute atomic E-state index is 0. The van der Waals surface area contributed by atoms with Crippen LogP contribution in [0.5, 0.6) is 0 Å². The van der Waals surface area contributed by atoms with Crippen LogP contribution in [-0.4, -0.2) is 43.7 Å². The Balaban J connectivity index is 0.00000193. The minimum atomic E-state index is -5.13. The van der Waals surface area contributed by atoms with Crippen molar-refractivity contribution in [3.63, 3.8) is 0 Å². The number of hydrogen-bond donors (Lipinski definition) is 1. The Hall–Kier alpha value is -1.05. The number of carbonyl (C=O) groups is 1. The first-order valence-corrected chi connectivity index (χ1v) is 10.6. The van der Waals surface area contributed by atoms with E-state index in [4.69, 9.17) is 0 Å². The molecule has 2 atom stereocenters. The minimum Gasteiger partial charge on any atom is -0.790 e. The smallest absolute Gasteiger partial charge is 0.790 e. The van der Waals surface area contributed by atoms with Gasteiger partial charge in [-0.1, -0.05) is 18.2 Å². The fraction of sp³-hybridized carbons (Fsp3) is 0.278. The summed E-state index contributed by atoms with van der Waals surface area (Å²) in [5, 5.41) is 13.7. The van der Waals surface area contributed by atoms with Gasteiger partial charge in [-0.2, -0.15) is 0 Å². The van der Waals surface area contributed by atoms with Crippen LogP contribution in [0.2, 0.25) is 0 Å². The van der Waals surface area contributed by atoms with Crippen LogP contribution < -0.4 is 74.2 Å². The van der Waals surface area contributed by atoms with Crippen molar-refractivity contribution >= 4 is 13.7 Å². The van der Waals surface area contributed by atoms with Gasteiger partial charge in [0.1, 0.15) is 11.5 Å². The summed E-state index contributed by atoms with van der Waals surface area (Å²) in [6, 6.07) is 7.14. The van der Waals surface area contributed by atoms with Crippen LogP contribution in [0.25, 0.3) is 22.6 Å². The Labute approximate surface area is 232 Å². The van der Waals surface area contributed by atoms with E-state index >= 15 is 0 Å². The van der Waals surface area contributed by atoms with Crippen molar-refractivity contribution in [3.05, 3.63) is 47.9 Å².